The second-order valence-corrected chi connectivity index (χ2v) is 7.68. The summed E-state index contributed by atoms with van der Waals surface area (Å²) in [6.45, 7) is 0.300. The molecular weight excluding hydrogens is 438 g/mol. The molecule has 0 atom stereocenters. The Bertz CT molecular complexity index is 1030. The lowest BCUT2D eigenvalue weighted by atomic mass is 10.1. The zero-order chi connectivity index (χ0) is 19.8. The highest BCUT2D eigenvalue weighted by Gasteiger charge is 2.06. The Morgan fingerprint density at radius 3 is 2.86 bits per heavy atom. The minimum absolute atomic E-state index is 0.158. The molecule has 1 aromatic heterocycles. The van der Waals surface area contributed by atoms with E-state index in [0.717, 1.165) is 20.5 Å². The van der Waals surface area contributed by atoms with E-state index in [1.165, 1.54) is 11.3 Å². The standard InChI is InChI=1S/C21H16BrN3O2S/c22-19-10-15(13-24-25-21(26)11-18-6-3-9-28-18)7-8-20(19)27-14-17-5-2-1-4-16(17)12-23/h1-10,13H,11,14H2,(H,25,26)/b24-13-. The van der Waals surface area contributed by atoms with E-state index in [1.807, 2.05) is 53.9 Å². The lowest BCUT2D eigenvalue weighted by Crippen LogP contribution is -2.19. The van der Waals surface area contributed by atoms with Gasteiger partial charge in [-0.2, -0.15) is 10.4 Å². The normalized spacial score (nSPS) is 10.6. The molecule has 0 unspecified atom stereocenters. The minimum atomic E-state index is -0.158. The van der Waals surface area contributed by atoms with Gasteiger partial charge in [-0.15, -0.1) is 11.3 Å². The van der Waals surface area contributed by atoms with E-state index in [-0.39, 0.29) is 5.91 Å². The lowest BCUT2D eigenvalue weighted by Gasteiger charge is -2.09. The van der Waals surface area contributed by atoms with Crippen molar-refractivity contribution in [2.45, 2.75) is 13.0 Å². The number of amides is 1. The van der Waals surface area contributed by atoms with Crippen LogP contribution >= 0.6 is 27.3 Å². The second kappa shape index (κ2) is 9.83. The van der Waals surface area contributed by atoms with Crippen molar-refractivity contribution in [1.82, 2.24) is 5.43 Å². The highest BCUT2D eigenvalue weighted by molar-refractivity contribution is 9.10. The Kier molecular flexibility index (Phi) is 6.95. The summed E-state index contributed by atoms with van der Waals surface area (Å²) >= 11 is 5.02. The number of hydrogen-bond donors (Lipinski definition) is 1. The van der Waals surface area contributed by atoms with Gasteiger partial charge in [0.2, 0.25) is 5.91 Å². The molecule has 140 valence electrons. The number of halogens is 1. The predicted molar refractivity (Wildman–Crippen MR) is 113 cm³/mol. The Morgan fingerprint density at radius 1 is 1.25 bits per heavy atom. The molecule has 28 heavy (non-hydrogen) atoms. The first-order valence-corrected chi connectivity index (χ1v) is 10.1. The van der Waals surface area contributed by atoms with Gasteiger partial charge >= 0.3 is 0 Å². The van der Waals surface area contributed by atoms with Crippen molar-refractivity contribution in [2.75, 3.05) is 0 Å². The van der Waals surface area contributed by atoms with Gasteiger partial charge in [-0.05, 0) is 57.2 Å². The molecule has 2 aromatic carbocycles. The molecule has 3 rings (SSSR count). The van der Waals surface area contributed by atoms with Crippen LogP contribution < -0.4 is 10.2 Å². The minimum Gasteiger partial charge on any atom is -0.488 e. The third-order valence-electron chi connectivity index (χ3n) is 3.79. The molecule has 1 amide bonds. The summed E-state index contributed by atoms with van der Waals surface area (Å²) < 4.78 is 6.57. The van der Waals surface area contributed by atoms with Gasteiger partial charge in [-0.1, -0.05) is 24.3 Å². The van der Waals surface area contributed by atoms with E-state index >= 15 is 0 Å². The summed E-state index contributed by atoms with van der Waals surface area (Å²) in [4.78, 5) is 12.8. The number of nitriles is 1. The molecule has 3 aromatic rings. The number of hydrazone groups is 1. The summed E-state index contributed by atoms with van der Waals surface area (Å²) in [5.41, 5.74) is 4.76. The largest absolute Gasteiger partial charge is 0.488 e. The average molecular weight is 454 g/mol. The van der Waals surface area contributed by atoms with Crippen molar-refractivity contribution in [3.63, 3.8) is 0 Å². The molecule has 0 bridgehead atoms. The number of hydrogen-bond acceptors (Lipinski definition) is 5. The molecule has 1 N–H and O–H groups in total. The summed E-state index contributed by atoms with van der Waals surface area (Å²) in [5, 5.41) is 15.1. The number of thiophene rings is 1. The van der Waals surface area contributed by atoms with E-state index in [0.29, 0.717) is 24.3 Å². The lowest BCUT2D eigenvalue weighted by molar-refractivity contribution is -0.120. The smallest absolute Gasteiger partial charge is 0.245 e. The zero-order valence-electron chi connectivity index (χ0n) is 14.8. The SMILES string of the molecule is N#Cc1ccccc1COc1ccc(/C=N\NC(=O)Cc2cccs2)cc1Br. The van der Waals surface area contributed by atoms with Gasteiger partial charge in [0.05, 0.1) is 28.7 Å². The second-order valence-electron chi connectivity index (χ2n) is 5.80. The van der Waals surface area contributed by atoms with Crippen LogP contribution in [0.3, 0.4) is 0 Å². The number of benzene rings is 2. The van der Waals surface area contributed by atoms with E-state index in [4.69, 9.17) is 10.00 Å². The number of carbonyl (C=O) groups excluding carboxylic acids is 1. The van der Waals surface area contributed by atoms with E-state index in [2.05, 4.69) is 32.5 Å². The summed E-state index contributed by atoms with van der Waals surface area (Å²) in [5.74, 6) is 0.500. The first-order valence-electron chi connectivity index (χ1n) is 8.40. The summed E-state index contributed by atoms with van der Waals surface area (Å²) in [6.07, 6.45) is 1.89. The zero-order valence-corrected chi connectivity index (χ0v) is 17.2. The average Bonchev–Trinajstić information content (AvgIpc) is 3.20. The van der Waals surface area contributed by atoms with Gasteiger partial charge in [-0.25, -0.2) is 5.43 Å². The van der Waals surface area contributed by atoms with Crippen molar-refractivity contribution in [1.29, 1.82) is 5.26 Å². The molecule has 1 heterocycles. The number of nitrogens with one attached hydrogen (secondary N) is 1. The van der Waals surface area contributed by atoms with Crippen LogP contribution in [0.25, 0.3) is 0 Å². The highest BCUT2D eigenvalue weighted by atomic mass is 79.9. The van der Waals surface area contributed by atoms with Crippen LogP contribution in [0.2, 0.25) is 0 Å². The molecule has 0 aliphatic carbocycles. The Balaban J connectivity index is 1.56. The van der Waals surface area contributed by atoms with Crippen molar-refractivity contribution in [2.24, 2.45) is 5.10 Å². The van der Waals surface area contributed by atoms with Gasteiger partial charge < -0.3 is 4.74 Å². The maximum Gasteiger partial charge on any atom is 0.245 e. The molecule has 0 fully saturated rings. The maximum atomic E-state index is 11.8. The van der Waals surface area contributed by atoms with Crippen LogP contribution in [-0.2, 0) is 17.8 Å². The molecule has 0 saturated carbocycles. The van der Waals surface area contributed by atoms with E-state index < -0.39 is 0 Å². The first kappa shape index (κ1) is 19.8. The monoisotopic (exact) mass is 453 g/mol. The highest BCUT2D eigenvalue weighted by Crippen LogP contribution is 2.26. The summed E-state index contributed by atoms with van der Waals surface area (Å²) in [7, 11) is 0. The molecule has 5 nitrogen and oxygen atoms in total. The summed E-state index contributed by atoms with van der Waals surface area (Å²) in [6, 6.07) is 18.8. The van der Waals surface area contributed by atoms with Gasteiger partial charge in [0, 0.05) is 10.4 Å². The van der Waals surface area contributed by atoms with Crippen molar-refractivity contribution < 1.29 is 9.53 Å². The van der Waals surface area contributed by atoms with Gasteiger partial charge in [0.25, 0.3) is 0 Å². The maximum absolute atomic E-state index is 11.8. The topological polar surface area (TPSA) is 74.5 Å². The Morgan fingerprint density at radius 2 is 2.11 bits per heavy atom. The number of ether oxygens (including phenoxy) is 1. The number of carbonyl (C=O) groups is 1. The van der Waals surface area contributed by atoms with Gasteiger partial charge in [-0.3, -0.25) is 4.79 Å². The molecule has 0 spiro atoms. The van der Waals surface area contributed by atoms with Crippen LogP contribution in [0, 0.1) is 11.3 Å². The van der Waals surface area contributed by atoms with Crippen LogP contribution in [0.1, 0.15) is 21.6 Å². The fraction of sp³-hybridized carbons (Fsp3) is 0.0952. The van der Waals surface area contributed by atoms with E-state index in [1.54, 1.807) is 12.3 Å². The van der Waals surface area contributed by atoms with Crippen LogP contribution in [0.15, 0.2) is 69.6 Å². The van der Waals surface area contributed by atoms with Crippen LogP contribution in [0.4, 0.5) is 0 Å². The Labute approximate surface area is 175 Å². The fourth-order valence-corrected chi connectivity index (χ4v) is 3.63. The van der Waals surface area contributed by atoms with Crippen LogP contribution in [-0.4, -0.2) is 12.1 Å². The van der Waals surface area contributed by atoms with Crippen LogP contribution in [0.5, 0.6) is 5.75 Å². The molecule has 0 aliphatic rings. The van der Waals surface area contributed by atoms with Crippen molar-refractivity contribution >= 4 is 39.4 Å². The van der Waals surface area contributed by atoms with Gasteiger partial charge in [0.15, 0.2) is 0 Å². The third kappa shape index (κ3) is 5.52. The number of nitrogens with zero attached hydrogens (tertiary/aromatic N) is 2. The molecular formula is C21H16BrN3O2S. The van der Waals surface area contributed by atoms with Gasteiger partial charge in [0.1, 0.15) is 12.4 Å². The predicted octanol–water partition coefficient (Wildman–Crippen LogP) is 4.65. The molecule has 0 radical (unpaired) electrons. The molecule has 7 heteroatoms. The quantitative estimate of drug-likeness (QED) is 0.417. The molecule has 0 saturated heterocycles. The fourth-order valence-electron chi connectivity index (χ4n) is 2.41. The first-order chi connectivity index (χ1) is 13.7. The van der Waals surface area contributed by atoms with Crippen molar-refractivity contribution in [3.05, 3.63) is 86.0 Å². The third-order valence-corrected chi connectivity index (χ3v) is 5.29. The molecule has 0 aliphatic heterocycles. The van der Waals surface area contributed by atoms with E-state index in [9.17, 15) is 4.79 Å². The number of rotatable bonds is 7. The Hall–Kier alpha value is -2.95. The van der Waals surface area contributed by atoms with Crippen molar-refractivity contribution in [3.8, 4) is 11.8 Å².